The molecule has 0 aliphatic carbocycles. The first-order valence-electron chi connectivity index (χ1n) is 3.60. The van der Waals surface area contributed by atoms with Crippen molar-refractivity contribution in [2.24, 2.45) is 0 Å². The van der Waals surface area contributed by atoms with E-state index in [9.17, 15) is 23.2 Å². The molecule has 8 heteroatoms. The van der Waals surface area contributed by atoms with Gasteiger partial charge >= 0.3 is 103 Å². The predicted molar refractivity (Wildman–Crippen MR) is 41.8 cm³/mol. The minimum atomic E-state index is -2.75. The summed E-state index contributed by atoms with van der Waals surface area (Å²) in [5.74, 6) is -4.35. The monoisotopic (exact) mass is 278 g/mol. The van der Waals surface area contributed by atoms with E-state index in [1.54, 1.807) is 0 Å². The van der Waals surface area contributed by atoms with Gasteiger partial charge in [0.15, 0.2) is 11.6 Å². The van der Waals surface area contributed by atoms with Crippen LogP contribution in [0.1, 0.15) is 5.56 Å². The van der Waals surface area contributed by atoms with Gasteiger partial charge in [0.2, 0.25) is 0 Å². The fraction of sp³-hybridized carbons (Fsp3) is 0. The Balaban J connectivity index is 0. The largest absolute Gasteiger partial charge is 1.00 e. The van der Waals surface area contributed by atoms with Crippen molar-refractivity contribution in [3.8, 4) is 0 Å². The number of benzene rings is 1. The normalized spacial score (nSPS) is 8.81. The number of hydrogen-bond acceptors (Lipinski definition) is 2. The first-order valence-corrected chi connectivity index (χ1v) is 3.60. The van der Waals surface area contributed by atoms with Crippen molar-refractivity contribution in [2.75, 3.05) is 0 Å². The van der Waals surface area contributed by atoms with Crippen LogP contribution in [0.3, 0.4) is 0 Å². The molecular weight excluding hydrogens is 274 g/mol. The minimum Gasteiger partial charge on any atom is -0.889 e. The average Bonchev–Trinajstić information content (AvgIpc) is 2.12. The topological polar surface area (TPSA) is 46.1 Å². The molecule has 0 aromatic heterocycles. The van der Waals surface area contributed by atoms with Crippen molar-refractivity contribution in [3.05, 3.63) is 35.7 Å². The number of hydrogen-bond donors (Lipinski definition) is 0. The van der Waals surface area contributed by atoms with Crippen LogP contribution in [-0.4, -0.2) is 7.12 Å². The van der Waals surface area contributed by atoms with E-state index >= 15 is 0 Å². The molecule has 0 saturated carbocycles. The van der Waals surface area contributed by atoms with E-state index < -0.39 is 35.6 Å². The molecule has 16 heavy (non-hydrogen) atoms. The summed E-state index contributed by atoms with van der Waals surface area (Å²) in [6, 6.07) is 0.389. The van der Waals surface area contributed by atoms with Gasteiger partial charge in [0, 0.05) is 5.56 Å². The second-order valence-electron chi connectivity index (χ2n) is 2.53. The Morgan fingerprint density at radius 2 is 1.62 bits per heavy atom. The Bertz CT molecular complexity index is 388. The van der Waals surface area contributed by atoms with E-state index in [1.807, 2.05) is 0 Å². The van der Waals surface area contributed by atoms with Gasteiger partial charge in [-0.1, -0.05) is 25.2 Å². The van der Waals surface area contributed by atoms with Crippen molar-refractivity contribution in [2.45, 2.75) is 0 Å². The van der Waals surface area contributed by atoms with Gasteiger partial charge in [-0.3, -0.25) is 0 Å². The van der Waals surface area contributed by atoms with E-state index in [-0.39, 0.29) is 103 Å². The average molecular weight is 278 g/mol. The fourth-order valence-electron chi connectivity index (χ4n) is 0.986. The molecular formula is C8H4BF3K2O2. The fourth-order valence-corrected chi connectivity index (χ4v) is 0.986. The summed E-state index contributed by atoms with van der Waals surface area (Å²) in [7, 11) is -2.75. The molecule has 0 unspecified atom stereocenters. The van der Waals surface area contributed by atoms with Crippen molar-refractivity contribution < 1.29 is 126 Å². The van der Waals surface area contributed by atoms with Gasteiger partial charge in [-0.25, -0.2) is 13.2 Å². The predicted octanol–water partition coefficient (Wildman–Crippen LogP) is -6.83. The Morgan fingerprint density at radius 3 is 2.00 bits per heavy atom. The third-order valence-corrected chi connectivity index (χ3v) is 1.68. The Hall–Kier alpha value is 2.01. The third kappa shape index (κ3) is 4.60. The van der Waals surface area contributed by atoms with E-state index in [0.717, 1.165) is 6.08 Å². The zero-order chi connectivity index (χ0) is 10.9. The van der Waals surface area contributed by atoms with Crippen LogP contribution >= 0.6 is 0 Å². The maximum Gasteiger partial charge on any atom is 1.00 e. The van der Waals surface area contributed by atoms with Gasteiger partial charge in [0.05, 0.1) is 0 Å². The van der Waals surface area contributed by atoms with Crippen LogP contribution in [0, 0.1) is 17.5 Å². The molecule has 1 aromatic rings. The van der Waals surface area contributed by atoms with Gasteiger partial charge < -0.3 is 10.0 Å². The molecule has 0 spiro atoms. The van der Waals surface area contributed by atoms with Crippen LogP contribution in [-0.2, 0) is 0 Å². The Kier molecular flexibility index (Phi) is 11.4. The second kappa shape index (κ2) is 9.00. The van der Waals surface area contributed by atoms with Crippen LogP contribution < -0.4 is 118 Å². The van der Waals surface area contributed by atoms with Gasteiger partial charge in [0.1, 0.15) is 5.82 Å². The summed E-state index contributed by atoms with van der Waals surface area (Å²) >= 11 is 0. The summed E-state index contributed by atoms with van der Waals surface area (Å²) in [5.41, 5.74) is -1.75. The first-order chi connectivity index (χ1) is 6.49. The standard InChI is InChI=1S/C8H4BF3O2.2K/c1-2-4-6(10)3-5(9(13)14)8(12)7(4)11;;/h2-3H,1H2;;/q-2;2*+1. The smallest absolute Gasteiger partial charge is 0.889 e. The molecule has 0 amide bonds. The zero-order valence-corrected chi connectivity index (χ0v) is 15.1. The first kappa shape index (κ1) is 20.3. The van der Waals surface area contributed by atoms with E-state index in [0.29, 0.717) is 6.07 Å². The van der Waals surface area contributed by atoms with Gasteiger partial charge in [-0.05, 0) is 6.07 Å². The quantitative estimate of drug-likeness (QED) is 0.399. The van der Waals surface area contributed by atoms with Crippen molar-refractivity contribution >= 4 is 18.7 Å². The second-order valence-corrected chi connectivity index (χ2v) is 2.53. The molecule has 2 nitrogen and oxygen atoms in total. The molecule has 0 fully saturated rings. The molecule has 0 N–H and O–H groups in total. The summed E-state index contributed by atoms with van der Waals surface area (Å²) in [6.07, 6.45) is 0.766. The summed E-state index contributed by atoms with van der Waals surface area (Å²) in [4.78, 5) is 0. The molecule has 0 radical (unpaired) electrons. The van der Waals surface area contributed by atoms with E-state index in [1.165, 1.54) is 0 Å². The Morgan fingerprint density at radius 1 is 1.12 bits per heavy atom. The maximum atomic E-state index is 12.9. The molecule has 1 aromatic carbocycles. The molecule has 0 bridgehead atoms. The van der Waals surface area contributed by atoms with E-state index in [4.69, 9.17) is 0 Å². The van der Waals surface area contributed by atoms with Crippen molar-refractivity contribution in [3.63, 3.8) is 0 Å². The minimum absolute atomic E-state index is 0. The molecule has 0 aliphatic heterocycles. The summed E-state index contributed by atoms with van der Waals surface area (Å²) < 4.78 is 38.7. The molecule has 74 valence electrons. The van der Waals surface area contributed by atoms with Crippen LogP contribution in [0.4, 0.5) is 13.2 Å². The van der Waals surface area contributed by atoms with Crippen LogP contribution in [0.25, 0.3) is 6.08 Å². The maximum absolute atomic E-state index is 12.9. The molecule has 0 saturated heterocycles. The van der Waals surface area contributed by atoms with Gasteiger partial charge in [0.25, 0.3) is 0 Å². The Labute approximate surface area is 176 Å². The SMILES string of the molecule is C=Cc1c(F)cc(B([O-])[O-])c(F)c1F.[K+].[K+]. The molecule has 0 aliphatic rings. The molecule has 0 atom stereocenters. The number of halogens is 3. The van der Waals surface area contributed by atoms with E-state index in [2.05, 4.69) is 6.58 Å². The molecule has 1 rings (SSSR count). The van der Waals surface area contributed by atoms with Crippen LogP contribution in [0.15, 0.2) is 12.6 Å². The zero-order valence-electron chi connectivity index (χ0n) is 8.89. The van der Waals surface area contributed by atoms with Crippen molar-refractivity contribution in [1.29, 1.82) is 0 Å². The number of rotatable bonds is 2. The molecule has 0 heterocycles. The van der Waals surface area contributed by atoms with Crippen molar-refractivity contribution in [1.82, 2.24) is 0 Å². The van der Waals surface area contributed by atoms with Crippen LogP contribution in [0.2, 0.25) is 0 Å². The summed E-state index contributed by atoms with van der Waals surface area (Å²) in [6.45, 7) is 3.07. The third-order valence-electron chi connectivity index (χ3n) is 1.68. The summed E-state index contributed by atoms with van der Waals surface area (Å²) in [5, 5.41) is 20.6. The van der Waals surface area contributed by atoms with Gasteiger partial charge in [-0.2, -0.15) is 0 Å². The van der Waals surface area contributed by atoms with Gasteiger partial charge in [-0.15, -0.1) is 0 Å². The van der Waals surface area contributed by atoms with Crippen LogP contribution in [0.5, 0.6) is 0 Å².